The molecule has 1 aromatic heterocycles. The average molecular weight is 283 g/mol. The van der Waals surface area contributed by atoms with E-state index >= 15 is 0 Å². The molecule has 6 nitrogen and oxygen atoms in total. The van der Waals surface area contributed by atoms with Gasteiger partial charge < -0.3 is 9.47 Å². The molecule has 114 valence electrons. The molecule has 0 aliphatic carbocycles. The van der Waals surface area contributed by atoms with Crippen molar-refractivity contribution in [3.05, 3.63) is 11.4 Å². The first-order valence-electron chi connectivity index (χ1n) is 7.30. The number of hydrogen-bond donors (Lipinski definition) is 0. The molecule has 0 aromatic carbocycles. The highest BCUT2D eigenvalue weighted by Crippen LogP contribution is 2.18. The van der Waals surface area contributed by atoms with E-state index in [9.17, 15) is 4.79 Å². The molecule has 6 heteroatoms. The summed E-state index contributed by atoms with van der Waals surface area (Å²) in [4.78, 5) is 11.8. The second-order valence-electron chi connectivity index (χ2n) is 4.89. The lowest BCUT2D eigenvalue weighted by molar-refractivity contribution is 0.0517. The Balaban J connectivity index is 2.69. The van der Waals surface area contributed by atoms with Gasteiger partial charge in [-0.2, -0.15) is 0 Å². The molecule has 0 bridgehead atoms. The van der Waals surface area contributed by atoms with Crippen LogP contribution in [0, 0.1) is 0 Å². The number of unbranched alkanes of at least 4 members (excludes halogenated alkanes) is 1. The van der Waals surface area contributed by atoms with Gasteiger partial charge in [-0.1, -0.05) is 32.4 Å². The van der Waals surface area contributed by atoms with Crippen LogP contribution in [0.2, 0.25) is 0 Å². The molecule has 0 spiro atoms. The third kappa shape index (κ3) is 4.59. The minimum absolute atomic E-state index is 0.153. The lowest BCUT2D eigenvalue weighted by Crippen LogP contribution is -2.15. The smallest absolute Gasteiger partial charge is 0.360 e. The Kier molecular flexibility index (Phi) is 7.22. The third-order valence-corrected chi connectivity index (χ3v) is 2.88. The van der Waals surface area contributed by atoms with Crippen LogP contribution >= 0.6 is 0 Å². The van der Waals surface area contributed by atoms with Gasteiger partial charge in [-0.15, -0.1) is 5.10 Å². The summed E-state index contributed by atoms with van der Waals surface area (Å²) < 4.78 is 12.3. The molecule has 0 amide bonds. The van der Waals surface area contributed by atoms with Gasteiger partial charge in [0.1, 0.15) is 0 Å². The maximum absolute atomic E-state index is 11.8. The zero-order chi connectivity index (χ0) is 15.0. The Morgan fingerprint density at radius 1 is 1.30 bits per heavy atom. The molecule has 0 aliphatic heterocycles. The van der Waals surface area contributed by atoms with Crippen molar-refractivity contribution >= 4 is 5.97 Å². The van der Waals surface area contributed by atoms with Crippen LogP contribution in [-0.2, 0) is 16.0 Å². The number of hydrogen-bond acceptors (Lipinski definition) is 5. The summed E-state index contributed by atoms with van der Waals surface area (Å²) in [6.45, 7) is 10.2. The number of carbonyl (C=O) groups excluding carboxylic acids is 1. The minimum Gasteiger partial charge on any atom is -0.461 e. The van der Waals surface area contributed by atoms with Gasteiger partial charge in [0.2, 0.25) is 0 Å². The van der Waals surface area contributed by atoms with Gasteiger partial charge in [0.25, 0.3) is 0 Å². The molecule has 0 N–H and O–H groups in total. The summed E-state index contributed by atoms with van der Waals surface area (Å²) >= 11 is 0. The van der Waals surface area contributed by atoms with Crippen LogP contribution in [-0.4, -0.2) is 40.8 Å². The lowest BCUT2D eigenvalue weighted by Gasteiger charge is -2.11. The molecule has 1 heterocycles. The molecular weight excluding hydrogens is 258 g/mol. The molecule has 0 fully saturated rings. The highest BCUT2D eigenvalue weighted by Gasteiger charge is 2.22. The number of nitrogens with zero attached hydrogens (tertiary/aromatic N) is 3. The average Bonchev–Trinajstić information content (AvgIpc) is 2.83. The highest BCUT2D eigenvalue weighted by molar-refractivity contribution is 5.88. The van der Waals surface area contributed by atoms with Crippen molar-refractivity contribution < 1.29 is 14.3 Å². The summed E-state index contributed by atoms with van der Waals surface area (Å²) in [5.74, 6) is -0.255. The predicted octanol–water partition coefficient (Wildman–Crippen LogP) is 2.39. The van der Waals surface area contributed by atoms with E-state index < -0.39 is 5.97 Å². The molecule has 0 saturated carbocycles. The first-order valence-corrected chi connectivity index (χ1v) is 7.30. The first-order chi connectivity index (χ1) is 9.61. The number of esters is 1. The SMILES string of the molecule is CCCCOCCn1nnc(C(=O)OCC)c1C(C)C. The normalized spacial score (nSPS) is 11.1. The molecule has 0 radical (unpaired) electrons. The number of aromatic nitrogens is 3. The fraction of sp³-hybridized carbons (Fsp3) is 0.786. The Bertz CT molecular complexity index is 416. The highest BCUT2D eigenvalue weighted by atomic mass is 16.5. The van der Waals surface area contributed by atoms with Crippen molar-refractivity contribution in [1.82, 2.24) is 15.0 Å². The number of carbonyl (C=O) groups is 1. The number of rotatable bonds is 9. The van der Waals surface area contributed by atoms with Crippen molar-refractivity contribution in [1.29, 1.82) is 0 Å². The topological polar surface area (TPSA) is 66.2 Å². The van der Waals surface area contributed by atoms with E-state index in [2.05, 4.69) is 17.2 Å². The van der Waals surface area contributed by atoms with E-state index in [0.29, 0.717) is 25.5 Å². The zero-order valence-corrected chi connectivity index (χ0v) is 12.9. The zero-order valence-electron chi connectivity index (χ0n) is 12.9. The molecule has 0 aliphatic rings. The van der Waals surface area contributed by atoms with Crippen LogP contribution in [0.4, 0.5) is 0 Å². The fourth-order valence-corrected chi connectivity index (χ4v) is 1.90. The van der Waals surface area contributed by atoms with Crippen molar-refractivity contribution in [3.8, 4) is 0 Å². The number of ether oxygens (including phenoxy) is 2. The van der Waals surface area contributed by atoms with Crippen molar-refractivity contribution in [2.24, 2.45) is 0 Å². The van der Waals surface area contributed by atoms with Gasteiger partial charge in [-0.05, 0) is 19.3 Å². The summed E-state index contributed by atoms with van der Waals surface area (Å²) in [5.41, 5.74) is 1.12. The van der Waals surface area contributed by atoms with Crippen LogP contribution < -0.4 is 0 Å². The largest absolute Gasteiger partial charge is 0.461 e. The maximum Gasteiger partial charge on any atom is 0.360 e. The van der Waals surface area contributed by atoms with Crippen LogP contribution in [0.25, 0.3) is 0 Å². The standard InChI is InChI=1S/C14H25N3O3/c1-5-7-9-19-10-8-17-13(11(3)4)12(15-16-17)14(18)20-6-2/h11H,5-10H2,1-4H3. The maximum atomic E-state index is 11.8. The lowest BCUT2D eigenvalue weighted by atomic mass is 10.1. The van der Waals surface area contributed by atoms with E-state index in [1.807, 2.05) is 13.8 Å². The molecular formula is C14H25N3O3. The second kappa shape index (κ2) is 8.68. The monoisotopic (exact) mass is 283 g/mol. The van der Waals surface area contributed by atoms with E-state index in [1.165, 1.54) is 0 Å². The van der Waals surface area contributed by atoms with E-state index in [4.69, 9.17) is 9.47 Å². The van der Waals surface area contributed by atoms with Crippen molar-refractivity contribution in [2.75, 3.05) is 19.8 Å². The van der Waals surface area contributed by atoms with Crippen LogP contribution in [0.1, 0.15) is 62.6 Å². The fourth-order valence-electron chi connectivity index (χ4n) is 1.90. The molecule has 0 atom stereocenters. The Morgan fingerprint density at radius 3 is 2.65 bits per heavy atom. The van der Waals surface area contributed by atoms with Gasteiger partial charge in [0.15, 0.2) is 5.69 Å². The van der Waals surface area contributed by atoms with Crippen LogP contribution in [0.3, 0.4) is 0 Å². The second-order valence-corrected chi connectivity index (χ2v) is 4.89. The predicted molar refractivity (Wildman–Crippen MR) is 75.8 cm³/mol. The molecule has 0 unspecified atom stereocenters. The van der Waals surface area contributed by atoms with E-state index in [-0.39, 0.29) is 5.92 Å². The van der Waals surface area contributed by atoms with Gasteiger partial charge in [-0.25, -0.2) is 9.48 Å². The van der Waals surface area contributed by atoms with Crippen LogP contribution in [0.5, 0.6) is 0 Å². The minimum atomic E-state index is -0.408. The Labute approximate surface area is 120 Å². The summed E-state index contributed by atoms with van der Waals surface area (Å²) in [7, 11) is 0. The van der Waals surface area contributed by atoms with Gasteiger partial charge >= 0.3 is 5.97 Å². The van der Waals surface area contributed by atoms with Gasteiger partial charge in [0, 0.05) is 6.61 Å². The quantitative estimate of drug-likeness (QED) is 0.514. The third-order valence-electron chi connectivity index (χ3n) is 2.88. The Hall–Kier alpha value is -1.43. The van der Waals surface area contributed by atoms with Crippen molar-refractivity contribution in [2.45, 2.75) is 53.0 Å². The van der Waals surface area contributed by atoms with E-state index in [0.717, 1.165) is 25.1 Å². The van der Waals surface area contributed by atoms with Crippen LogP contribution in [0.15, 0.2) is 0 Å². The molecule has 0 saturated heterocycles. The Morgan fingerprint density at radius 2 is 2.05 bits per heavy atom. The summed E-state index contributed by atoms with van der Waals surface area (Å²) in [5, 5.41) is 8.00. The van der Waals surface area contributed by atoms with Crippen molar-refractivity contribution in [3.63, 3.8) is 0 Å². The summed E-state index contributed by atoms with van der Waals surface area (Å²) in [6.07, 6.45) is 2.18. The summed E-state index contributed by atoms with van der Waals surface area (Å²) in [6, 6.07) is 0. The molecule has 1 aromatic rings. The first kappa shape index (κ1) is 16.6. The van der Waals surface area contributed by atoms with E-state index in [1.54, 1.807) is 11.6 Å². The molecule has 1 rings (SSSR count). The molecule has 20 heavy (non-hydrogen) atoms. The van der Waals surface area contributed by atoms with Gasteiger partial charge in [0.05, 0.1) is 25.5 Å². The van der Waals surface area contributed by atoms with Gasteiger partial charge in [-0.3, -0.25) is 0 Å².